The molecule has 0 aliphatic heterocycles. The maximum Gasteiger partial charge on any atom is 0.250 e. The Kier molecular flexibility index (Phi) is 7.42. The van der Waals surface area contributed by atoms with Crippen molar-refractivity contribution < 1.29 is 9.53 Å². The Morgan fingerprint density at radius 1 is 1.28 bits per heavy atom. The summed E-state index contributed by atoms with van der Waals surface area (Å²) in [5, 5.41) is 13.2. The zero-order valence-electron chi connectivity index (χ0n) is 16.0. The molecule has 1 N–H and O–H groups in total. The van der Waals surface area contributed by atoms with Gasteiger partial charge in [0.1, 0.15) is 5.75 Å². The lowest BCUT2D eigenvalue weighted by Gasteiger charge is -2.07. The summed E-state index contributed by atoms with van der Waals surface area (Å²) in [7, 11) is 1.59. The first kappa shape index (κ1) is 21.1. The van der Waals surface area contributed by atoms with E-state index < -0.39 is 0 Å². The Bertz CT molecular complexity index is 1010. The molecule has 3 rings (SSSR count). The predicted octanol–water partition coefficient (Wildman–Crippen LogP) is 3.98. The van der Waals surface area contributed by atoms with Crippen LogP contribution in [0.3, 0.4) is 0 Å². The van der Waals surface area contributed by atoms with Crippen molar-refractivity contribution in [2.24, 2.45) is 5.10 Å². The lowest BCUT2D eigenvalue weighted by molar-refractivity contribution is -0.118. The second kappa shape index (κ2) is 10.2. The van der Waals surface area contributed by atoms with Crippen molar-refractivity contribution >= 4 is 39.8 Å². The number of thioether (sulfide) groups is 1. The molecule has 1 amide bonds. The van der Waals surface area contributed by atoms with Gasteiger partial charge in [-0.25, -0.2) is 5.43 Å². The number of hydrogen-bond acceptors (Lipinski definition) is 6. The topological polar surface area (TPSA) is 81.4 Å². The normalized spacial score (nSPS) is 11.0. The molecule has 29 heavy (non-hydrogen) atoms. The van der Waals surface area contributed by atoms with Crippen LogP contribution in [0.4, 0.5) is 0 Å². The molecule has 0 saturated heterocycles. The van der Waals surface area contributed by atoms with E-state index in [9.17, 15) is 4.79 Å². The quantitative estimate of drug-likeness (QED) is 0.304. The number of hydrogen-bond donors (Lipinski definition) is 1. The van der Waals surface area contributed by atoms with Crippen molar-refractivity contribution in [1.82, 2.24) is 20.2 Å². The number of methoxy groups -OCH3 is 1. The van der Waals surface area contributed by atoms with Gasteiger partial charge in [-0.1, -0.05) is 58.0 Å². The fourth-order valence-corrected chi connectivity index (χ4v) is 3.80. The van der Waals surface area contributed by atoms with Crippen molar-refractivity contribution in [2.45, 2.75) is 18.6 Å². The van der Waals surface area contributed by atoms with Gasteiger partial charge in [0, 0.05) is 22.1 Å². The van der Waals surface area contributed by atoms with Gasteiger partial charge in [-0.05, 0) is 25.1 Å². The molecule has 1 heterocycles. The standard InChI is InChI=1S/C20H20BrN5O2S/c1-3-26-19(14-7-5-4-6-8-14)24-25-20(26)29-13-18(27)23-22-12-15-11-16(21)9-10-17(15)28-2/h4-12H,3,13H2,1-2H3,(H,23,27)/b22-12-. The highest BCUT2D eigenvalue weighted by molar-refractivity contribution is 9.10. The van der Waals surface area contributed by atoms with Gasteiger partial charge in [0.05, 0.1) is 19.1 Å². The third-order valence-electron chi connectivity index (χ3n) is 3.98. The molecule has 0 aliphatic carbocycles. The first-order chi connectivity index (χ1) is 14.1. The van der Waals surface area contributed by atoms with Gasteiger partial charge in [0.2, 0.25) is 0 Å². The van der Waals surface area contributed by atoms with E-state index in [0.717, 1.165) is 21.4 Å². The smallest absolute Gasteiger partial charge is 0.250 e. The van der Waals surface area contributed by atoms with Crippen LogP contribution in [0.5, 0.6) is 5.75 Å². The van der Waals surface area contributed by atoms with Crippen molar-refractivity contribution in [1.29, 1.82) is 0 Å². The van der Waals surface area contributed by atoms with Gasteiger partial charge < -0.3 is 9.30 Å². The number of nitrogens with zero attached hydrogens (tertiary/aromatic N) is 4. The average molecular weight is 474 g/mol. The molecule has 0 unspecified atom stereocenters. The summed E-state index contributed by atoms with van der Waals surface area (Å²) in [4.78, 5) is 12.2. The first-order valence-electron chi connectivity index (χ1n) is 8.89. The van der Waals surface area contributed by atoms with Crippen LogP contribution in [0, 0.1) is 0 Å². The predicted molar refractivity (Wildman–Crippen MR) is 118 cm³/mol. The maximum absolute atomic E-state index is 12.2. The second-order valence-electron chi connectivity index (χ2n) is 5.88. The van der Waals surface area contributed by atoms with Crippen LogP contribution in [0.1, 0.15) is 12.5 Å². The number of aromatic nitrogens is 3. The molecule has 0 radical (unpaired) electrons. The monoisotopic (exact) mass is 473 g/mol. The minimum Gasteiger partial charge on any atom is -0.496 e. The highest BCUT2D eigenvalue weighted by Gasteiger charge is 2.14. The molecule has 0 saturated carbocycles. The lowest BCUT2D eigenvalue weighted by atomic mass is 10.2. The van der Waals surface area contributed by atoms with Gasteiger partial charge in [0.25, 0.3) is 5.91 Å². The number of hydrazone groups is 1. The Morgan fingerprint density at radius 2 is 2.07 bits per heavy atom. The number of carbonyl (C=O) groups excluding carboxylic acids is 1. The van der Waals surface area contributed by atoms with Gasteiger partial charge in [-0.3, -0.25) is 4.79 Å². The van der Waals surface area contributed by atoms with Crippen LogP contribution < -0.4 is 10.2 Å². The molecule has 0 atom stereocenters. The molecule has 150 valence electrons. The SMILES string of the molecule is CCn1c(SCC(=O)N/N=C\c2cc(Br)ccc2OC)nnc1-c1ccccc1. The largest absolute Gasteiger partial charge is 0.496 e. The van der Waals surface area contributed by atoms with Gasteiger partial charge in [-0.15, -0.1) is 10.2 Å². The van der Waals surface area contributed by atoms with E-state index in [1.807, 2.05) is 60.0 Å². The van der Waals surface area contributed by atoms with Crippen LogP contribution in [0.25, 0.3) is 11.4 Å². The third-order valence-corrected chi connectivity index (χ3v) is 5.44. The number of halogens is 1. The van der Waals surface area contributed by atoms with E-state index in [4.69, 9.17) is 4.74 Å². The Morgan fingerprint density at radius 3 is 2.79 bits per heavy atom. The number of ether oxygens (including phenoxy) is 1. The van der Waals surface area contributed by atoms with Crippen LogP contribution in [0.2, 0.25) is 0 Å². The molecule has 2 aromatic carbocycles. The second-order valence-corrected chi connectivity index (χ2v) is 7.74. The summed E-state index contributed by atoms with van der Waals surface area (Å²) in [6, 6.07) is 15.4. The zero-order chi connectivity index (χ0) is 20.6. The van der Waals surface area contributed by atoms with E-state index in [-0.39, 0.29) is 11.7 Å². The summed E-state index contributed by atoms with van der Waals surface area (Å²) in [5.41, 5.74) is 4.28. The van der Waals surface area contributed by atoms with Crippen LogP contribution in [-0.4, -0.2) is 39.7 Å². The van der Waals surface area contributed by atoms with E-state index in [1.54, 1.807) is 13.3 Å². The molecule has 0 spiro atoms. The Labute approximate surface area is 181 Å². The van der Waals surface area contributed by atoms with E-state index in [0.29, 0.717) is 17.5 Å². The Hall–Kier alpha value is -2.65. The van der Waals surface area contributed by atoms with Crippen molar-refractivity contribution in [3.05, 3.63) is 58.6 Å². The molecule has 0 fully saturated rings. The van der Waals surface area contributed by atoms with Crippen LogP contribution in [-0.2, 0) is 11.3 Å². The molecule has 7 nitrogen and oxygen atoms in total. The van der Waals surface area contributed by atoms with E-state index in [1.165, 1.54) is 11.8 Å². The fourth-order valence-electron chi connectivity index (χ4n) is 2.62. The number of carbonyl (C=O) groups is 1. The number of benzene rings is 2. The van der Waals surface area contributed by atoms with Crippen molar-refractivity contribution in [2.75, 3.05) is 12.9 Å². The molecular formula is C20H20BrN5O2S. The third kappa shape index (κ3) is 5.45. The fraction of sp³-hybridized carbons (Fsp3) is 0.200. The summed E-state index contributed by atoms with van der Waals surface area (Å²) >= 11 is 4.73. The summed E-state index contributed by atoms with van der Waals surface area (Å²) in [6.07, 6.45) is 1.55. The first-order valence-corrected chi connectivity index (χ1v) is 10.7. The minimum absolute atomic E-state index is 0.180. The zero-order valence-corrected chi connectivity index (χ0v) is 18.4. The molecule has 9 heteroatoms. The number of nitrogens with one attached hydrogen (secondary N) is 1. The molecule has 3 aromatic rings. The summed E-state index contributed by atoms with van der Waals surface area (Å²) in [6.45, 7) is 2.73. The van der Waals surface area contributed by atoms with E-state index in [2.05, 4.69) is 36.7 Å². The Balaban J connectivity index is 1.60. The molecule has 0 aliphatic rings. The minimum atomic E-state index is -0.230. The molecule has 0 bridgehead atoms. The number of rotatable bonds is 8. The van der Waals surface area contributed by atoms with Gasteiger partial charge in [-0.2, -0.15) is 5.10 Å². The van der Waals surface area contributed by atoms with Crippen molar-refractivity contribution in [3.8, 4) is 17.1 Å². The number of amides is 1. The van der Waals surface area contributed by atoms with Crippen molar-refractivity contribution in [3.63, 3.8) is 0 Å². The summed E-state index contributed by atoms with van der Waals surface area (Å²) < 4.78 is 8.17. The highest BCUT2D eigenvalue weighted by atomic mass is 79.9. The van der Waals surface area contributed by atoms with Gasteiger partial charge in [0.15, 0.2) is 11.0 Å². The lowest BCUT2D eigenvalue weighted by Crippen LogP contribution is -2.20. The molecule has 1 aromatic heterocycles. The molecular weight excluding hydrogens is 454 g/mol. The average Bonchev–Trinajstić information content (AvgIpc) is 3.16. The van der Waals surface area contributed by atoms with Gasteiger partial charge >= 0.3 is 0 Å². The van der Waals surface area contributed by atoms with Crippen LogP contribution >= 0.6 is 27.7 Å². The highest BCUT2D eigenvalue weighted by Crippen LogP contribution is 2.24. The van der Waals surface area contributed by atoms with E-state index >= 15 is 0 Å². The van der Waals surface area contributed by atoms with Crippen LogP contribution in [0.15, 0.2) is 63.3 Å². The maximum atomic E-state index is 12.2. The summed E-state index contributed by atoms with van der Waals surface area (Å²) in [5.74, 6) is 1.41.